The van der Waals surface area contributed by atoms with Crippen LogP contribution in [0.4, 0.5) is 0 Å². The van der Waals surface area contributed by atoms with E-state index in [2.05, 4.69) is 9.71 Å². The minimum absolute atomic E-state index is 0.0894. The lowest BCUT2D eigenvalue weighted by atomic mass is 10.2. The Bertz CT molecular complexity index is 1090. The van der Waals surface area contributed by atoms with Gasteiger partial charge in [0.2, 0.25) is 10.0 Å². The highest BCUT2D eigenvalue weighted by atomic mass is 32.2. The second-order valence-corrected chi connectivity index (χ2v) is 11.0. The zero-order chi connectivity index (χ0) is 19.5. The van der Waals surface area contributed by atoms with Crippen LogP contribution in [0.25, 0.3) is 0 Å². The molecule has 142 valence electrons. The molecule has 9 heteroatoms. The third kappa shape index (κ3) is 4.44. The van der Waals surface area contributed by atoms with Gasteiger partial charge in [0.05, 0.1) is 4.90 Å². The molecule has 1 N–H and O–H groups in total. The van der Waals surface area contributed by atoms with Crippen LogP contribution in [0, 0.1) is 6.92 Å². The molecule has 0 aliphatic carbocycles. The van der Waals surface area contributed by atoms with Crippen molar-refractivity contribution in [2.24, 2.45) is 0 Å². The predicted octanol–water partition coefficient (Wildman–Crippen LogP) is 2.95. The molecule has 3 rings (SSSR count). The van der Waals surface area contributed by atoms with E-state index in [9.17, 15) is 16.8 Å². The van der Waals surface area contributed by atoms with Crippen LogP contribution < -0.4 is 4.72 Å². The molecule has 0 saturated heterocycles. The van der Waals surface area contributed by atoms with Gasteiger partial charge >= 0.3 is 0 Å². The maximum absolute atomic E-state index is 13.0. The largest absolute Gasteiger partial charge is 0.264 e. The maximum Gasteiger partial charge on any atom is 0.240 e. The summed E-state index contributed by atoms with van der Waals surface area (Å²) in [6.45, 7) is 1.57. The number of aromatic nitrogens is 1. The van der Waals surface area contributed by atoms with E-state index in [1.165, 1.54) is 30.6 Å². The van der Waals surface area contributed by atoms with E-state index < -0.39 is 25.1 Å². The zero-order valence-electron chi connectivity index (χ0n) is 14.4. The standard InChI is InChI=1S/C18H18N2O4S3/c1-14-6-8-16(9-7-14)27(23,24)20-13-17(15-4-2-10-19-12-15)26(21,22)18-5-3-11-25-18/h2-12,17,20H,13H2,1H3. The molecule has 0 spiro atoms. The van der Waals surface area contributed by atoms with Gasteiger partial charge in [0.15, 0.2) is 9.84 Å². The number of rotatable bonds is 7. The van der Waals surface area contributed by atoms with E-state index in [1.54, 1.807) is 35.7 Å². The van der Waals surface area contributed by atoms with Crippen LogP contribution in [0.15, 0.2) is 75.4 Å². The minimum atomic E-state index is -3.84. The molecule has 6 nitrogen and oxygen atoms in total. The van der Waals surface area contributed by atoms with Crippen molar-refractivity contribution in [1.82, 2.24) is 9.71 Å². The van der Waals surface area contributed by atoms with Crippen molar-refractivity contribution >= 4 is 31.2 Å². The molecule has 1 atom stereocenters. The Morgan fingerprint density at radius 3 is 2.37 bits per heavy atom. The monoisotopic (exact) mass is 422 g/mol. The molecule has 3 aromatic rings. The summed E-state index contributed by atoms with van der Waals surface area (Å²) in [6.07, 6.45) is 2.98. The number of benzene rings is 1. The highest BCUT2D eigenvalue weighted by Gasteiger charge is 2.31. The van der Waals surface area contributed by atoms with Crippen molar-refractivity contribution in [3.8, 4) is 0 Å². The average Bonchev–Trinajstić information content (AvgIpc) is 3.18. The van der Waals surface area contributed by atoms with Crippen molar-refractivity contribution in [1.29, 1.82) is 0 Å². The Morgan fingerprint density at radius 1 is 1.04 bits per heavy atom. The van der Waals surface area contributed by atoms with Gasteiger partial charge in [-0.1, -0.05) is 29.8 Å². The first-order valence-electron chi connectivity index (χ1n) is 8.04. The van der Waals surface area contributed by atoms with Gasteiger partial charge in [-0.15, -0.1) is 11.3 Å². The second kappa shape index (κ2) is 7.89. The predicted molar refractivity (Wildman–Crippen MR) is 105 cm³/mol. The molecular formula is C18H18N2O4S3. The Kier molecular flexibility index (Phi) is 5.75. The number of sulfone groups is 1. The fraction of sp³-hybridized carbons (Fsp3) is 0.167. The molecule has 0 fully saturated rings. The Balaban J connectivity index is 1.92. The molecule has 0 saturated carbocycles. The van der Waals surface area contributed by atoms with Gasteiger partial charge in [-0.2, -0.15) is 0 Å². The summed E-state index contributed by atoms with van der Waals surface area (Å²) >= 11 is 1.10. The number of nitrogens with one attached hydrogen (secondary N) is 1. The van der Waals surface area contributed by atoms with Gasteiger partial charge < -0.3 is 0 Å². The molecule has 2 aromatic heterocycles. The summed E-state index contributed by atoms with van der Waals surface area (Å²) in [5, 5.41) is 0.592. The van der Waals surface area contributed by atoms with Crippen LogP contribution in [-0.4, -0.2) is 28.4 Å². The van der Waals surface area contributed by atoms with E-state index in [1.807, 2.05) is 6.92 Å². The van der Waals surface area contributed by atoms with Crippen molar-refractivity contribution in [3.63, 3.8) is 0 Å². The quantitative estimate of drug-likeness (QED) is 0.632. The topological polar surface area (TPSA) is 93.2 Å². The normalized spacial score (nSPS) is 13.4. The lowest BCUT2D eigenvalue weighted by Gasteiger charge is -2.18. The van der Waals surface area contributed by atoms with Gasteiger partial charge in [0.25, 0.3) is 0 Å². The maximum atomic E-state index is 13.0. The van der Waals surface area contributed by atoms with Gasteiger partial charge in [-0.25, -0.2) is 21.6 Å². The van der Waals surface area contributed by atoms with Crippen LogP contribution >= 0.6 is 11.3 Å². The van der Waals surface area contributed by atoms with E-state index in [-0.39, 0.29) is 15.6 Å². The van der Waals surface area contributed by atoms with Gasteiger partial charge in [0.1, 0.15) is 9.46 Å². The van der Waals surface area contributed by atoms with E-state index >= 15 is 0 Å². The van der Waals surface area contributed by atoms with Crippen LogP contribution in [0.1, 0.15) is 16.4 Å². The number of pyridine rings is 1. The van der Waals surface area contributed by atoms with E-state index in [0.717, 1.165) is 16.9 Å². The minimum Gasteiger partial charge on any atom is -0.264 e. The first kappa shape index (κ1) is 19.7. The van der Waals surface area contributed by atoms with Crippen LogP contribution in [0.5, 0.6) is 0 Å². The van der Waals surface area contributed by atoms with E-state index in [0.29, 0.717) is 5.56 Å². The molecule has 0 radical (unpaired) electrons. The van der Waals surface area contributed by atoms with Crippen molar-refractivity contribution < 1.29 is 16.8 Å². The molecule has 0 aliphatic rings. The molecular weight excluding hydrogens is 404 g/mol. The molecule has 0 aliphatic heterocycles. The molecule has 2 heterocycles. The third-order valence-electron chi connectivity index (χ3n) is 4.00. The smallest absolute Gasteiger partial charge is 0.240 e. The SMILES string of the molecule is Cc1ccc(S(=O)(=O)NCC(c2cccnc2)S(=O)(=O)c2cccs2)cc1. The van der Waals surface area contributed by atoms with Crippen LogP contribution in [0.3, 0.4) is 0 Å². The Morgan fingerprint density at radius 2 is 1.78 bits per heavy atom. The zero-order valence-corrected chi connectivity index (χ0v) is 16.9. The number of aryl methyl sites for hydroxylation is 1. The number of hydrogen-bond acceptors (Lipinski definition) is 6. The van der Waals surface area contributed by atoms with Gasteiger partial charge in [0, 0.05) is 18.9 Å². The molecule has 1 aromatic carbocycles. The lowest BCUT2D eigenvalue weighted by Crippen LogP contribution is -2.31. The summed E-state index contributed by atoms with van der Waals surface area (Å²) in [6, 6.07) is 12.8. The Labute approximate surface area is 162 Å². The number of sulfonamides is 1. The fourth-order valence-corrected chi connectivity index (χ4v) is 6.53. The molecule has 27 heavy (non-hydrogen) atoms. The van der Waals surface area contributed by atoms with E-state index in [4.69, 9.17) is 0 Å². The summed E-state index contributed by atoms with van der Waals surface area (Å²) in [7, 11) is -7.61. The van der Waals surface area contributed by atoms with Crippen molar-refractivity contribution in [3.05, 3.63) is 77.4 Å². The third-order valence-corrected chi connectivity index (χ3v) is 8.97. The molecule has 0 bridgehead atoms. The second-order valence-electron chi connectivity index (χ2n) is 5.92. The number of nitrogens with zero attached hydrogens (tertiary/aromatic N) is 1. The Hall–Kier alpha value is -2.07. The van der Waals surface area contributed by atoms with Gasteiger partial charge in [-0.05, 0) is 42.1 Å². The van der Waals surface area contributed by atoms with Crippen molar-refractivity contribution in [2.45, 2.75) is 21.3 Å². The summed E-state index contributed by atoms with van der Waals surface area (Å²) in [5.41, 5.74) is 1.36. The first-order valence-corrected chi connectivity index (χ1v) is 12.0. The highest BCUT2D eigenvalue weighted by Crippen LogP contribution is 2.31. The van der Waals surface area contributed by atoms with Gasteiger partial charge in [-0.3, -0.25) is 4.98 Å². The fourth-order valence-electron chi connectivity index (χ4n) is 2.52. The molecule has 0 amide bonds. The van der Waals surface area contributed by atoms with Crippen LogP contribution in [0.2, 0.25) is 0 Å². The van der Waals surface area contributed by atoms with Crippen molar-refractivity contribution in [2.75, 3.05) is 6.54 Å². The van der Waals surface area contributed by atoms with Crippen LogP contribution in [-0.2, 0) is 19.9 Å². The molecule has 1 unspecified atom stereocenters. The summed E-state index contributed by atoms with van der Waals surface area (Å²) in [4.78, 5) is 4.06. The summed E-state index contributed by atoms with van der Waals surface area (Å²) < 4.78 is 53.8. The highest BCUT2D eigenvalue weighted by molar-refractivity contribution is 7.93. The lowest BCUT2D eigenvalue weighted by molar-refractivity contribution is 0.569. The average molecular weight is 423 g/mol. The first-order chi connectivity index (χ1) is 12.8. The number of thiophene rings is 1. The number of hydrogen-bond donors (Lipinski definition) is 1. The summed E-state index contributed by atoms with van der Waals surface area (Å²) in [5.74, 6) is 0.